The summed E-state index contributed by atoms with van der Waals surface area (Å²) in [5.41, 5.74) is -1.17. The van der Waals surface area contributed by atoms with E-state index in [4.69, 9.17) is 9.47 Å². The van der Waals surface area contributed by atoms with Crippen LogP contribution in [-0.2, 0) is 19.6 Å². The molecule has 0 saturated heterocycles. The van der Waals surface area contributed by atoms with Crippen LogP contribution in [0.15, 0.2) is 76.4 Å². The smallest absolute Gasteiger partial charge is 0.339 e. The number of benzene rings is 3. The van der Waals surface area contributed by atoms with Gasteiger partial charge >= 0.3 is 5.97 Å². The number of anilines is 2. The largest absolute Gasteiger partial charge is 0.495 e. The summed E-state index contributed by atoms with van der Waals surface area (Å²) in [4.78, 5) is 50.7. The van der Waals surface area contributed by atoms with E-state index in [0.29, 0.717) is 0 Å². The Balaban J connectivity index is 1.60. The standard InChI is InChI=1S/C26H21FN4O9S/c1-14(25(33)29-22-11-17(31(35)36)7-10-23(22)39-2)40-26(34)20-13-24(32)28-21-9-8-18(12-19(20)21)41(37,38)30-16-5-3-15(27)4-6-16/h3-14,30H,1-2H3,(H,28,32)(H,29,33)/t14-/m1/s1. The molecule has 3 N–H and O–H groups in total. The van der Waals surface area contributed by atoms with Gasteiger partial charge in [-0.3, -0.25) is 24.4 Å². The summed E-state index contributed by atoms with van der Waals surface area (Å²) in [5.74, 6) is -2.42. The van der Waals surface area contributed by atoms with E-state index in [1.54, 1.807) is 0 Å². The fraction of sp³-hybridized carbons (Fsp3) is 0.115. The van der Waals surface area contributed by atoms with Crippen molar-refractivity contribution in [2.75, 3.05) is 17.1 Å². The normalized spacial score (nSPS) is 11.9. The maximum atomic E-state index is 13.2. The van der Waals surface area contributed by atoms with Gasteiger partial charge in [0, 0.05) is 34.8 Å². The number of pyridine rings is 1. The van der Waals surface area contributed by atoms with E-state index in [0.717, 1.165) is 30.3 Å². The number of hydrogen-bond acceptors (Lipinski definition) is 9. The molecule has 3 aromatic carbocycles. The third-order valence-electron chi connectivity index (χ3n) is 5.75. The Hall–Kier alpha value is -5.31. The Bertz CT molecular complexity index is 1840. The number of ether oxygens (including phenoxy) is 2. The van der Waals surface area contributed by atoms with Gasteiger partial charge < -0.3 is 19.8 Å². The molecule has 0 radical (unpaired) electrons. The molecule has 0 saturated carbocycles. The van der Waals surface area contributed by atoms with Crippen LogP contribution in [0.25, 0.3) is 10.9 Å². The average molecular weight is 585 g/mol. The van der Waals surface area contributed by atoms with Crippen molar-refractivity contribution >= 4 is 49.9 Å². The number of nitrogens with zero attached hydrogens (tertiary/aromatic N) is 1. The van der Waals surface area contributed by atoms with Crippen LogP contribution in [0.3, 0.4) is 0 Å². The van der Waals surface area contributed by atoms with E-state index in [1.165, 1.54) is 50.4 Å². The minimum atomic E-state index is -4.20. The predicted octanol–water partition coefficient (Wildman–Crippen LogP) is 3.57. The molecule has 0 bridgehead atoms. The van der Waals surface area contributed by atoms with Crippen LogP contribution in [0.5, 0.6) is 5.75 Å². The van der Waals surface area contributed by atoms with Crippen molar-refractivity contribution in [3.8, 4) is 5.75 Å². The van der Waals surface area contributed by atoms with Crippen molar-refractivity contribution < 1.29 is 36.8 Å². The molecule has 4 aromatic rings. The molecule has 212 valence electrons. The molecule has 1 amide bonds. The van der Waals surface area contributed by atoms with Crippen molar-refractivity contribution in [2.45, 2.75) is 17.9 Å². The van der Waals surface area contributed by atoms with Gasteiger partial charge in [0.2, 0.25) is 5.56 Å². The highest BCUT2D eigenvalue weighted by atomic mass is 32.2. The average Bonchev–Trinajstić information content (AvgIpc) is 2.93. The molecule has 13 nitrogen and oxygen atoms in total. The van der Waals surface area contributed by atoms with E-state index < -0.39 is 44.3 Å². The van der Waals surface area contributed by atoms with Crippen LogP contribution < -0.4 is 20.3 Å². The van der Waals surface area contributed by atoms with Crippen LogP contribution in [0.1, 0.15) is 17.3 Å². The highest BCUT2D eigenvalue weighted by molar-refractivity contribution is 7.92. The first-order valence-electron chi connectivity index (χ1n) is 11.7. The number of hydrogen-bond donors (Lipinski definition) is 3. The molecule has 15 heteroatoms. The highest BCUT2D eigenvalue weighted by Crippen LogP contribution is 2.29. The number of nitrogens with one attached hydrogen (secondary N) is 3. The predicted molar refractivity (Wildman–Crippen MR) is 145 cm³/mol. The van der Waals surface area contributed by atoms with Crippen molar-refractivity contribution in [1.82, 2.24) is 4.98 Å². The van der Waals surface area contributed by atoms with E-state index in [2.05, 4.69) is 15.0 Å². The maximum absolute atomic E-state index is 13.2. The molecular weight excluding hydrogens is 563 g/mol. The van der Waals surface area contributed by atoms with E-state index in [9.17, 15) is 37.3 Å². The number of rotatable bonds is 9. The minimum Gasteiger partial charge on any atom is -0.495 e. The number of non-ortho nitro benzene ring substituents is 1. The zero-order valence-corrected chi connectivity index (χ0v) is 22.2. The fourth-order valence-electron chi connectivity index (χ4n) is 3.72. The van der Waals surface area contributed by atoms with Crippen LogP contribution in [0.4, 0.5) is 21.5 Å². The van der Waals surface area contributed by atoms with Gasteiger partial charge in [-0.15, -0.1) is 0 Å². The summed E-state index contributed by atoms with van der Waals surface area (Å²) < 4.78 is 51.7. The lowest BCUT2D eigenvalue weighted by Crippen LogP contribution is -2.30. The number of carbonyl (C=O) groups is 2. The molecule has 1 atom stereocenters. The first kappa shape index (κ1) is 28.7. The molecule has 0 aliphatic carbocycles. The third-order valence-corrected chi connectivity index (χ3v) is 7.12. The number of esters is 1. The number of aromatic nitrogens is 1. The second kappa shape index (κ2) is 11.4. The molecular formula is C26H21FN4O9S. The van der Waals surface area contributed by atoms with E-state index in [1.807, 2.05) is 0 Å². The number of aromatic amines is 1. The number of nitro groups is 1. The Morgan fingerprint density at radius 1 is 1.05 bits per heavy atom. The Morgan fingerprint density at radius 3 is 2.41 bits per heavy atom. The molecule has 0 spiro atoms. The SMILES string of the molecule is COc1ccc([N+](=O)[O-])cc1NC(=O)[C@@H](C)OC(=O)c1cc(=O)[nH]c2ccc(S(=O)(=O)Nc3ccc(F)cc3)cc12. The quantitative estimate of drug-likeness (QED) is 0.150. The summed E-state index contributed by atoms with van der Waals surface area (Å²) in [5, 5.41) is 13.5. The Kier molecular flexibility index (Phi) is 8.00. The van der Waals surface area contributed by atoms with Gasteiger partial charge in [-0.1, -0.05) is 0 Å². The molecule has 1 heterocycles. The summed E-state index contributed by atoms with van der Waals surface area (Å²) in [6.45, 7) is 1.23. The maximum Gasteiger partial charge on any atom is 0.339 e. The zero-order chi connectivity index (χ0) is 29.9. The Morgan fingerprint density at radius 2 is 1.76 bits per heavy atom. The summed E-state index contributed by atoms with van der Waals surface area (Å²) in [6.07, 6.45) is -1.45. The molecule has 41 heavy (non-hydrogen) atoms. The van der Waals surface area contributed by atoms with Gasteiger partial charge in [0.15, 0.2) is 6.10 Å². The van der Waals surface area contributed by atoms with Gasteiger partial charge in [0.1, 0.15) is 11.6 Å². The van der Waals surface area contributed by atoms with Crippen LogP contribution in [0, 0.1) is 15.9 Å². The number of amides is 1. The first-order valence-corrected chi connectivity index (χ1v) is 13.2. The molecule has 0 aliphatic heterocycles. The molecule has 1 aromatic heterocycles. The van der Waals surface area contributed by atoms with Crippen molar-refractivity contribution in [3.63, 3.8) is 0 Å². The summed E-state index contributed by atoms with van der Waals surface area (Å²) in [6, 6.07) is 12.6. The van der Waals surface area contributed by atoms with Crippen molar-refractivity contribution in [3.05, 3.63) is 98.6 Å². The monoisotopic (exact) mass is 584 g/mol. The van der Waals surface area contributed by atoms with Crippen LogP contribution in [-0.4, -0.2) is 43.4 Å². The van der Waals surface area contributed by atoms with Gasteiger partial charge in [-0.2, -0.15) is 0 Å². The van der Waals surface area contributed by atoms with Gasteiger partial charge in [-0.25, -0.2) is 17.6 Å². The lowest BCUT2D eigenvalue weighted by Gasteiger charge is -2.16. The minimum absolute atomic E-state index is 0.00421. The van der Waals surface area contributed by atoms with Crippen LogP contribution in [0.2, 0.25) is 0 Å². The molecule has 0 aliphatic rings. The molecule has 4 rings (SSSR count). The van der Waals surface area contributed by atoms with Crippen LogP contribution >= 0.6 is 0 Å². The number of H-pyrrole nitrogens is 1. The fourth-order valence-corrected chi connectivity index (χ4v) is 4.80. The second-order valence-corrected chi connectivity index (χ2v) is 10.2. The van der Waals surface area contributed by atoms with Crippen molar-refractivity contribution in [1.29, 1.82) is 0 Å². The number of carbonyl (C=O) groups excluding carboxylic acids is 2. The molecule has 0 unspecified atom stereocenters. The summed E-state index contributed by atoms with van der Waals surface area (Å²) in [7, 11) is -2.90. The third kappa shape index (κ3) is 6.47. The van der Waals surface area contributed by atoms with Crippen molar-refractivity contribution in [2.24, 2.45) is 0 Å². The molecule has 0 fully saturated rings. The lowest BCUT2D eigenvalue weighted by atomic mass is 10.1. The first-order chi connectivity index (χ1) is 19.4. The topological polar surface area (TPSA) is 187 Å². The number of halogens is 1. The number of sulfonamides is 1. The second-order valence-electron chi connectivity index (χ2n) is 8.55. The highest BCUT2D eigenvalue weighted by Gasteiger charge is 2.24. The number of fused-ring (bicyclic) bond motifs is 1. The lowest BCUT2D eigenvalue weighted by molar-refractivity contribution is -0.384. The van der Waals surface area contributed by atoms with Gasteiger partial charge in [-0.05, 0) is 55.5 Å². The van der Waals surface area contributed by atoms with E-state index in [-0.39, 0.29) is 44.2 Å². The zero-order valence-electron chi connectivity index (χ0n) is 21.3. The number of nitro benzene ring substituents is 1. The van der Waals surface area contributed by atoms with Gasteiger partial charge in [0.25, 0.3) is 21.6 Å². The van der Waals surface area contributed by atoms with E-state index >= 15 is 0 Å². The Labute approximate surface area is 231 Å². The summed E-state index contributed by atoms with van der Waals surface area (Å²) >= 11 is 0. The van der Waals surface area contributed by atoms with Gasteiger partial charge in [0.05, 0.1) is 28.2 Å². The number of methoxy groups -OCH3 is 1.